The van der Waals surface area contributed by atoms with Crippen LogP contribution in [0.1, 0.15) is 37.0 Å². The molecule has 0 aromatic carbocycles. The largest absolute Gasteiger partial charge is 0.360 e. The quantitative estimate of drug-likeness (QED) is 0.928. The second-order valence-corrected chi connectivity index (χ2v) is 6.74. The Kier molecular flexibility index (Phi) is 3.59. The molecule has 0 unspecified atom stereocenters. The Morgan fingerprint density at radius 2 is 2.00 bits per heavy atom. The molecule has 0 bridgehead atoms. The maximum Gasteiger partial charge on any atom is 0.269 e. The van der Waals surface area contributed by atoms with Gasteiger partial charge in [0.1, 0.15) is 11.5 Å². The van der Waals surface area contributed by atoms with Gasteiger partial charge in [-0.15, -0.1) is 0 Å². The fourth-order valence-corrected chi connectivity index (χ4v) is 3.80. The third kappa shape index (κ3) is 2.76. The van der Waals surface area contributed by atoms with Crippen LogP contribution in [0.25, 0.3) is 0 Å². The number of nitrogens with zero attached hydrogens (tertiary/aromatic N) is 3. The van der Waals surface area contributed by atoms with Gasteiger partial charge in [-0.3, -0.25) is 4.72 Å². The third-order valence-electron chi connectivity index (χ3n) is 2.42. The van der Waals surface area contributed by atoms with E-state index in [9.17, 15) is 8.42 Å². The van der Waals surface area contributed by atoms with Gasteiger partial charge >= 0.3 is 0 Å². The lowest BCUT2D eigenvalue weighted by molar-refractivity contribution is 0.390. The molecule has 0 fully saturated rings. The highest BCUT2D eigenvalue weighted by molar-refractivity contribution is 7.93. The normalized spacial score (nSPS) is 12.1. The van der Waals surface area contributed by atoms with E-state index in [1.807, 2.05) is 13.8 Å². The topological polar surface area (TPSA) is 98.0 Å². The average Bonchev–Trinajstić information content (AvgIpc) is 2.85. The molecule has 0 spiro atoms. The number of aromatic nitrogens is 3. The minimum absolute atomic E-state index is 0.0498. The second kappa shape index (κ2) is 4.89. The van der Waals surface area contributed by atoms with Crippen LogP contribution in [0.15, 0.2) is 9.42 Å². The van der Waals surface area contributed by atoms with Gasteiger partial charge in [0.15, 0.2) is 10.7 Å². The Bertz CT molecular complexity index is 668. The molecule has 0 aliphatic heterocycles. The highest BCUT2D eigenvalue weighted by Gasteiger charge is 2.25. The summed E-state index contributed by atoms with van der Waals surface area (Å²) in [7, 11) is -3.74. The lowest BCUT2D eigenvalue weighted by atomic mass is 10.2. The summed E-state index contributed by atoms with van der Waals surface area (Å²) in [5, 5.41) is 3.87. The molecule has 7 nitrogen and oxygen atoms in total. The van der Waals surface area contributed by atoms with Crippen LogP contribution < -0.4 is 4.72 Å². The van der Waals surface area contributed by atoms with Crippen LogP contribution in [0.5, 0.6) is 0 Å². The zero-order valence-electron chi connectivity index (χ0n) is 11.0. The second-order valence-electron chi connectivity index (χ2n) is 4.37. The van der Waals surface area contributed by atoms with E-state index in [2.05, 4.69) is 19.2 Å². The number of hydrogen-bond donors (Lipinski definition) is 1. The van der Waals surface area contributed by atoms with Crippen LogP contribution in [0.3, 0.4) is 0 Å². The zero-order valence-corrected chi connectivity index (χ0v) is 12.6. The molecular weight excluding hydrogens is 288 g/mol. The van der Waals surface area contributed by atoms with E-state index in [1.54, 1.807) is 13.8 Å². The van der Waals surface area contributed by atoms with Crippen molar-refractivity contribution in [2.45, 2.75) is 38.5 Å². The highest BCUT2D eigenvalue weighted by Crippen LogP contribution is 2.24. The summed E-state index contributed by atoms with van der Waals surface area (Å²) >= 11 is 1.01. The monoisotopic (exact) mass is 302 g/mol. The first-order chi connectivity index (χ1) is 8.81. The molecule has 0 radical (unpaired) electrons. The van der Waals surface area contributed by atoms with Crippen molar-refractivity contribution < 1.29 is 12.9 Å². The SMILES string of the molecule is Cc1noc(C)c1S(=O)(=O)Nc1nc(C(C)C)ns1. The van der Waals surface area contributed by atoms with Gasteiger partial charge in [-0.05, 0) is 13.8 Å². The van der Waals surface area contributed by atoms with Crippen molar-refractivity contribution in [3.05, 3.63) is 17.3 Å². The van der Waals surface area contributed by atoms with Crippen molar-refractivity contribution in [2.75, 3.05) is 4.72 Å². The van der Waals surface area contributed by atoms with E-state index < -0.39 is 10.0 Å². The predicted octanol–water partition coefficient (Wildman–Crippen LogP) is 2.07. The van der Waals surface area contributed by atoms with Crippen LogP contribution in [0.4, 0.5) is 5.13 Å². The summed E-state index contributed by atoms with van der Waals surface area (Å²) in [5.74, 6) is 1.01. The molecule has 9 heteroatoms. The van der Waals surface area contributed by atoms with Crippen LogP contribution in [0.2, 0.25) is 0 Å². The fraction of sp³-hybridized carbons (Fsp3) is 0.500. The maximum absolute atomic E-state index is 12.2. The molecule has 0 saturated heterocycles. The number of rotatable bonds is 4. The van der Waals surface area contributed by atoms with Crippen LogP contribution >= 0.6 is 11.5 Å². The molecule has 1 N–H and O–H groups in total. The van der Waals surface area contributed by atoms with Crippen LogP contribution in [-0.4, -0.2) is 22.9 Å². The van der Waals surface area contributed by atoms with Crippen LogP contribution in [-0.2, 0) is 10.0 Å². The summed E-state index contributed by atoms with van der Waals surface area (Å²) in [4.78, 5) is 4.18. The summed E-state index contributed by atoms with van der Waals surface area (Å²) in [6.45, 7) is 7.00. The van der Waals surface area contributed by atoms with Crippen molar-refractivity contribution in [3.8, 4) is 0 Å². The number of aryl methyl sites for hydroxylation is 2. The van der Waals surface area contributed by atoms with Gasteiger partial charge in [0.05, 0.1) is 0 Å². The maximum atomic E-state index is 12.2. The Morgan fingerprint density at radius 1 is 1.32 bits per heavy atom. The standard InChI is InChI=1S/C10H14N4O3S2/c1-5(2)9-11-10(18-13-9)14-19(15,16)8-6(3)12-17-7(8)4/h5H,1-4H3,(H,11,13,14). The predicted molar refractivity (Wildman–Crippen MR) is 70.8 cm³/mol. The Labute approximate surface area is 115 Å². The van der Waals surface area contributed by atoms with E-state index in [0.717, 1.165) is 11.5 Å². The first-order valence-electron chi connectivity index (χ1n) is 5.60. The molecular formula is C10H14N4O3S2. The highest BCUT2D eigenvalue weighted by atomic mass is 32.2. The molecule has 0 aliphatic rings. The number of nitrogens with one attached hydrogen (secondary N) is 1. The molecule has 2 aromatic heterocycles. The molecule has 104 valence electrons. The Balaban J connectivity index is 2.31. The van der Waals surface area contributed by atoms with Gasteiger partial charge in [0, 0.05) is 17.5 Å². The Morgan fingerprint density at radius 3 is 2.47 bits per heavy atom. The minimum Gasteiger partial charge on any atom is -0.360 e. The minimum atomic E-state index is -3.74. The van der Waals surface area contributed by atoms with E-state index in [-0.39, 0.29) is 21.7 Å². The summed E-state index contributed by atoms with van der Waals surface area (Å²) < 4.78 is 35.8. The lowest BCUT2D eigenvalue weighted by Crippen LogP contribution is -2.14. The summed E-state index contributed by atoms with van der Waals surface area (Å²) in [6.07, 6.45) is 0. The Hall–Kier alpha value is -1.48. The number of anilines is 1. The van der Waals surface area contributed by atoms with Gasteiger partial charge in [0.2, 0.25) is 5.13 Å². The van der Waals surface area contributed by atoms with Crippen molar-refractivity contribution in [1.82, 2.24) is 14.5 Å². The van der Waals surface area contributed by atoms with Gasteiger partial charge in [-0.25, -0.2) is 13.4 Å². The molecule has 2 heterocycles. The van der Waals surface area contributed by atoms with Gasteiger partial charge in [-0.2, -0.15) is 4.37 Å². The summed E-state index contributed by atoms with van der Waals surface area (Å²) in [5.41, 5.74) is 0.318. The van der Waals surface area contributed by atoms with Crippen molar-refractivity contribution in [2.24, 2.45) is 0 Å². The lowest BCUT2D eigenvalue weighted by Gasteiger charge is -2.03. The molecule has 0 atom stereocenters. The molecule has 0 aliphatic carbocycles. The van der Waals surface area contributed by atoms with E-state index >= 15 is 0 Å². The van der Waals surface area contributed by atoms with Crippen molar-refractivity contribution in [1.29, 1.82) is 0 Å². The van der Waals surface area contributed by atoms with E-state index in [0.29, 0.717) is 11.5 Å². The van der Waals surface area contributed by atoms with E-state index in [1.165, 1.54) is 0 Å². The average molecular weight is 302 g/mol. The van der Waals surface area contributed by atoms with Crippen molar-refractivity contribution in [3.63, 3.8) is 0 Å². The summed E-state index contributed by atoms with van der Waals surface area (Å²) in [6, 6.07) is 0. The molecule has 2 rings (SSSR count). The van der Waals surface area contributed by atoms with Crippen molar-refractivity contribution >= 4 is 26.7 Å². The molecule has 2 aromatic rings. The van der Waals surface area contributed by atoms with Gasteiger partial charge in [-0.1, -0.05) is 19.0 Å². The number of sulfonamides is 1. The number of hydrogen-bond acceptors (Lipinski definition) is 7. The molecule has 0 amide bonds. The zero-order chi connectivity index (χ0) is 14.2. The molecule has 19 heavy (non-hydrogen) atoms. The van der Waals surface area contributed by atoms with E-state index in [4.69, 9.17) is 4.52 Å². The smallest absolute Gasteiger partial charge is 0.269 e. The first kappa shape index (κ1) is 13.9. The fourth-order valence-electron chi connectivity index (χ4n) is 1.54. The third-order valence-corrected chi connectivity index (χ3v) is 4.77. The van der Waals surface area contributed by atoms with Gasteiger partial charge < -0.3 is 4.52 Å². The van der Waals surface area contributed by atoms with Gasteiger partial charge in [0.25, 0.3) is 10.0 Å². The van der Waals surface area contributed by atoms with Crippen LogP contribution in [0, 0.1) is 13.8 Å². The first-order valence-corrected chi connectivity index (χ1v) is 7.86. The molecule has 0 saturated carbocycles.